The van der Waals surface area contributed by atoms with Gasteiger partial charge >= 0.3 is 0 Å². The van der Waals surface area contributed by atoms with Crippen LogP contribution in [-0.4, -0.2) is 21.6 Å². The van der Waals surface area contributed by atoms with Crippen molar-refractivity contribution in [3.8, 4) is 23.8 Å². The number of imidazole rings is 1. The number of furan rings is 1. The summed E-state index contributed by atoms with van der Waals surface area (Å²) in [6.07, 6.45) is 1.71. The summed E-state index contributed by atoms with van der Waals surface area (Å²) < 4.78 is 26.8. The molecule has 0 fully saturated rings. The van der Waals surface area contributed by atoms with Crippen LogP contribution in [0.4, 0.5) is 4.39 Å². The number of fused-ring (bicyclic) bond motifs is 1. The molecule has 1 aromatic carbocycles. The number of benzene rings is 1. The van der Waals surface area contributed by atoms with Crippen molar-refractivity contribution in [2.24, 2.45) is 0 Å². The van der Waals surface area contributed by atoms with Crippen molar-refractivity contribution in [2.45, 2.75) is 27.7 Å². The molecule has 4 rings (SSSR count). The molecule has 160 valence electrons. The predicted molar refractivity (Wildman–Crippen MR) is 118 cm³/mol. The summed E-state index contributed by atoms with van der Waals surface area (Å²) in [5.41, 5.74) is 4.96. The number of H-pyrrole nitrogens is 1. The lowest BCUT2D eigenvalue weighted by Crippen LogP contribution is -2.00. The van der Waals surface area contributed by atoms with E-state index in [1.807, 2.05) is 38.3 Å². The zero-order valence-corrected chi connectivity index (χ0v) is 18.3. The number of aryl methyl sites for hydroxylation is 2. The summed E-state index contributed by atoms with van der Waals surface area (Å²) in [6, 6.07) is 9.06. The Labute approximate surface area is 184 Å². The predicted octanol–water partition coefficient (Wildman–Crippen LogP) is 5.26. The number of nitriles is 2. The molecule has 0 aliphatic carbocycles. The Morgan fingerprint density at radius 1 is 1.22 bits per heavy atom. The minimum Gasteiger partial charge on any atom is -0.494 e. The molecule has 0 amide bonds. The van der Waals surface area contributed by atoms with E-state index in [0.717, 1.165) is 22.5 Å². The molecule has 0 radical (unpaired) electrons. The standard InChI is InChI=1S/C24H20FN5O2/c1-12-6-16(14(3)30(12)24-18(11-27)13(2)15(4)32-24)7-17(10-26)23-28-20-8-19(25)22(31-5)9-21(20)29-23/h6-9H,1-5H3,(H,28,29)/b17-7+. The Hall–Kier alpha value is -4.30. The monoisotopic (exact) mass is 429 g/mol. The van der Waals surface area contributed by atoms with Crippen molar-refractivity contribution in [3.05, 3.63) is 63.7 Å². The normalized spacial score (nSPS) is 11.6. The van der Waals surface area contributed by atoms with Crippen LogP contribution in [0.15, 0.2) is 22.6 Å². The fourth-order valence-corrected chi connectivity index (χ4v) is 3.75. The lowest BCUT2D eigenvalue weighted by molar-refractivity contribution is 0.387. The molecule has 3 heterocycles. The molecular formula is C24H20FN5O2. The minimum atomic E-state index is -0.526. The summed E-state index contributed by atoms with van der Waals surface area (Å²) in [4.78, 5) is 7.42. The molecule has 3 aromatic heterocycles. The van der Waals surface area contributed by atoms with Gasteiger partial charge in [0.15, 0.2) is 11.6 Å². The third-order valence-electron chi connectivity index (χ3n) is 5.58. The van der Waals surface area contributed by atoms with Gasteiger partial charge in [-0.2, -0.15) is 10.5 Å². The second kappa shape index (κ2) is 7.75. The molecular weight excluding hydrogens is 409 g/mol. The highest BCUT2D eigenvalue weighted by molar-refractivity contribution is 5.91. The number of ether oxygens (including phenoxy) is 1. The van der Waals surface area contributed by atoms with Crippen LogP contribution in [0.3, 0.4) is 0 Å². The van der Waals surface area contributed by atoms with E-state index in [-0.39, 0.29) is 11.3 Å². The third kappa shape index (κ3) is 3.23. The fourth-order valence-electron chi connectivity index (χ4n) is 3.75. The fraction of sp³-hybridized carbons (Fsp3) is 0.208. The number of allylic oxidation sites excluding steroid dienone is 1. The van der Waals surface area contributed by atoms with E-state index in [4.69, 9.17) is 9.15 Å². The van der Waals surface area contributed by atoms with Crippen LogP contribution in [0.25, 0.3) is 28.6 Å². The van der Waals surface area contributed by atoms with Gasteiger partial charge < -0.3 is 14.1 Å². The van der Waals surface area contributed by atoms with E-state index in [2.05, 4.69) is 22.1 Å². The van der Waals surface area contributed by atoms with Crippen LogP contribution in [0.1, 0.15) is 39.7 Å². The number of rotatable bonds is 4. The van der Waals surface area contributed by atoms with Crippen molar-refractivity contribution in [1.82, 2.24) is 14.5 Å². The van der Waals surface area contributed by atoms with Crippen LogP contribution in [0, 0.1) is 56.2 Å². The number of hydrogen-bond donors (Lipinski definition) is 1. The van der Waals surface area contributed by atoms with Crippen molar-refractivity contribution in [3.63, 3.8) is 0 Å². The van der Waals surface area contributed by atoms with E-state index >= 15 is 0 Å². The van der Waals surface area contributed by atoms with E-state index in [1.54, 1.807) is 6.08 Å². The van der Waals surface area contributed by atoms with Gasteiger partial charge in [-0.1, -0.05) is 0 Å². The molecule has 7 nitrogen and oxygen atoms in total. The van der Waals surface area contributed by atoms with Crippen molar-refractivity contribution < 1.29 is 13.5 Å². The number of nitrogens with one attached hydrogen (secondary N) is 1. The molecule has 0 aliphatic heterocycles. The van der Waals surface area contributed by atoms with Gasteiger partial charge in [0.2, 0.25) is 5.88 Å². The Morgan fingerprint density at radius 3 is 2.62 bits per heavy atom. The van der Waals surface area contributed by atoms with E-state index < -0.39 is 5.82 Å². The number of methoxy groups -OCH3 is 1. The second-order valence-corrected chi connectivity index (χ2v) is 7.50. The first-order chi connectivity index (χ1) is 15.3. The zero-order chi connectivity index (χ0) is 23.2. The van der Waals surface area contributed by atoms with Gasteiger partial charge in [0, 0.05) is 29.1 Å². The van der Waals surface area contributed by atoms with Gasteiger partial charge in [-0.25, -0.2) is 9.37 Å². The quantitative estimate of drug-likeness (QED) is 0.446. The van der Waals surface area contributed by atoms with Crippen LogP contribution in [0.5, 0.6) is 5.75 Å². The molecule has 0 aliphatic rings. The molecule has 0 atom stereocenters. The largest absolute Gasteiger partial charge is 0.494 e. The smallest absolute Gasteiger partial charge is 0.222 e. The number of hydrogen-bond acceptors (Lipinski definition) is 5. The SMILES string of the molecule is COc1cc2[nH]c(/C(C#N)=C/c3cc(C)n(-c4oc(C)c(C)c4C#N)c3C)nc2cc1F. The maximum Gasteiger partial charge on any atom is 0.222 e. The van der Waals surface area contributed by atoms with Gasteiger partial charge in [0.1, 0.15) is 29.3 Å². The Kier molecular flexibility index (Phi) is 5.07. The Balaban J connectivity index is 1.83. The first kappa shape index (κ1) is 21.0. The number of nitrogens with zero attached hydrogens (tertiary/aromatic N) is 4. The molecule has 1 N–H and O–H groups in total. The van der Waals surface area contributed by atoms with Gasteiger partial charge in [-0.15, -0.1) is 0 Å². The lowest BCUT2D eigenvalue weighted by atomic mass is 10.1. The van der Waals surface area contributed by atoms with Crippen LogP contribution >= 0.6 is 0 Å². The first-order valence-electron chi connectivity index (χ1n) is 9.83. The molecule has 4 aromatic rings. The topological polar surface area (TPSA) is 104 Å². The van der Waals surface area contributed by atoms with Gasteiger partial charge in [0.05, 0.1) is 23.7 Å². The highest BCUT2D eigenvalue weighted by atomic mass is 19.1. The second-order valence-electron chi connectivity index (χ2n) is 7.50. The average Bonchev–Trinajstić information content (AvgIpc) is 3.38. The Bertz CT molecular complexity index is 1490. The highest BCUT2D eigenvalue weighted by Crippen LogP contribution is 2.31. The van der Waals surface area contributed by atoms with Crippen LogP contribution in [0.2, 0.25) is 0 Å². The van der Waals surface area contributed by atoms with Crippen molar-refractivity contribution in [1.29, 1.82) is 10.5 Å². The number of halogens is 1. The molecule has 0 unspecified atom stereocenters. The summed E-state index contributed by atoms with van der Waals surface area (Å²) in [7, 11) is 1.39. The first-order valence-corrected chi connectivity index (χ1v) is 9.83. The van der Waals surface area contributed by atoms with Gasteiger partial charge in [0.25, 0.3) is 0 Å². The average molecular weight is 429 g/mol. The minimum absolute atomic E-state index is 0.0936. The summed E-state index contributed by atoms with van der Waals surface area (Å²) >= 11 is 0. The van der Waals surface area contributed by atoms with Crippen LogP contribution < -0.4 is 4.74 Å². The number of aromatic amines is 1. The summed E-state index contributed by atoms with van der Waals surface area (Å²) in [5, 5.41) is 19.4. The highest BCUT2D eigenvalue weighted by Gasteiger charge is 2.21. The van der Waals surface area contributed by atoms with Gasteiger partial charge in [-0.05, 0) is 45.4 Å². The number of aromatic nitrogens is 3. The van der Waals surface area contributed by atoms with Gasteiger partial charge in [-0.3, -0.25) is 4.57 Å². The molecule has 0 saturated heterocycles. The van der Waals surface area contributed by atoms with E-state index in [1.165, 1.54) is 19.2 Å². The molecule has 0 bridgehead atoms. The lowest BCUT2D eigenvalue weighted by Gasteiger charge is -2.06. The van der Waals surface area contributed by atoms with E-state index in [9.17, 15) is 14.9 Å². The van der Waals surface area contributed by atoms with E-state index in [0.29, 0.717) is 34.1 Å². The molecule has 0 saturated carbocycles. The maximum atomic E-state index is 14.0. The van der Waals surface area contributed by atoms with Crippen molar-refractivity contribution in [2.75, 3.05) is 7.11 Å². The van der Waals surface area contributed by atoms with Crippen LogP contribution in [-0.2, 0) is 0 Å². The zero-order valence-electron chi connectivity index (χ0n) is 18.3. The third-order valence-corrected chi connectivity index (χ3v) is 5.58. The summed E-state index contributed by atoms with van der Waals surface area (Å²) in [6.45, 7) is 7.47. The maximum absolute atomic E-state index is 14.0. The Morgan fingerprint density at radius 2 is 1.97 bits per heavy atom. The summed E-state index contributed by atoms with van der Waals surface area (Å²) in [5.74, 6) is 1.03. The van der Waals surface area contributed by atoms with Crippen molar-refractivity contribution >= 4 is 22.7 Å². The molecule has 8 heteroatoms. The molecule has 32 heavy (non-hydrogen) atoms. The molecule has 0 spiro atoms.